The topological polar surface area (TPSA) is 46.5 Å². The molecule has 1 rings (SSSR count). The van der Waals surface area contributed by atoms with E-state index in [1.54, 1.807) is 7.11 Å². The van der Waals surface area contributed by atoms with Crippen molar-refractivity contribution in [3.63, 3.8) is 0 Å². The molecule has 0 heterocycles. The number of unbranched alkanes of at least 4 members (excludes halogenated alkanes) is 1. The van der Waals surface area contributed by atoms with Crippen molar-refractivity contribution in [2.75, 3.05) is 7.11 Å². The van der Waals surface area contributed by atoms with Crippen molar-refractivity contribution in [2.45, 2.75) is 51.9 Å². The fourth-order valence-electron chi connectivity index (χ4n) is 2.51. The first-order valence-electron chi connectivity index (χ1n) is 7.45. The van der Waals surface area contributed by atoms with Gasteiger partial charge in [-0.05, 0) is 24.8 Å². The number of hydrogen-bond donors (Lipinski definition) is 1. The Kier molecular flexibility index (Phi) is 7.13. The number of rotatable bonds is 9. The van der Waals surface area contributed by atoms with E-state index in [0.717, 1.165) is 12.0 Å². The van der Waals surface area contributed by atoms with Gasteiger partial charge >= 0.3 is 5.97 Å². The molecule has 0 bridgehead atoms. The number of benzene rings is 1. The molecule has 2 atom stereocenters. The third kappa shape index (κ3) is 4.87. The number of aliphatic carboxylic acids is 1. The summed E-state index contributed by atoms with van der Waals surface area (Å²) in [6, 6.07) is 7.42. The number of carboxylic acids is 1. The Hall–Kier alpha value is -1.51. The second kappa shape index (κ2) is 8.62. The Balaban J connectivity index is 2.72. The molecule has 3 nitrogen and oxygen atoms in total. The summed E-state index contributed by atoms with van der Waals surface area (Å²) < 4.78 is 5.28. The summed E-state index contributed by atoms with van der Waals surface area (Å²) in [5, 5.41) is 9.48. The molecular weight excluding hydrogens is 252 g/mol. The van der Waals surface area contributed by atoms with Crippen LogP contribution in [-0.4, -0.2) is 18.2 Å². The van der Waals surface area contributed by atoms with Gasteiger partial charge in [-0.25, -0.2) is 0 Å². The molecule has 0 aromatic heterocycles. The van der Waals surface area contributed by atoms with E-state index in [1.165, 1.54) is 19.3 Å². The lowest BCUT2D eigenvalue weighted by Crippen LogP contribution is -2.14. The van der Waals surface area contributed by atoms with Crippen LogP contribution in [0.4, 0.5) is 0 Å². The summed E-state index contributed by atoms with van der Waals surface area (Å²) in [5.41, 5.74) is 0.783. The predicted molar refractivity (Wildman–Crippen MR) is 81.3 cm³/mol. The zero-order valence-corrected chi connectivity index (χ0v) is 12.8. The number of hydrogen-bond acceptors (Lipinski definition) is 2. The average molecular weight is 278 g/mol. The van der Waals surface area contributed by atoms with E-state index < -0.39 is 11.9 Å². The first-order chi connectivity index (χ1) is 9.60. The van der Waals surface area contributed by atoms with Crippen molar-refractivity contribution < 1.29 is 14.6 Å². The third-order valence-corrected chi connectivity index (χ3v) is 3.81. The molecule has 0 radical (unpaired) electrons. The van der Waals surface area contributed by atoms with Crippen LogP contribution in [0, 0.1) is 5.92 Å². The Bertz CT molecular complexity index is 414. The fourth-order valence-corrected chi connectivity index (χ4v) is 2.51. The van der Waals surface area contributed by atoms with E-state index in [0.29, 0.717) is 18.1 Å². The lowest BCUT2D eigenvalue weighted by molar-refractivity contribution is -0.139. The molecule has 0 aliphatic carbocycles. The van der Waals surface area contributed by atoms with Gasteiger partial charge in [0.1, 0.15) is 5.75 Å². The summed E-state index contributed by atoms with van der Waals surface area (Å²) in [7, 11) is 1.58. The van der Waals surface area contributed by atoms with Crippen molar-refractivity contribution in [2.24, 2.45) is 5.92 Å². The van der Waals surface area contributed by atoms with Crippen LogP contribution in [0.1, 0.15) is 57.4 Å². The lowest BCUT2D eigenvalue weighted by Gasteiger charge is -2.18. The number of ether oxygens (including phenoxy) is 1. The minimum atomic E-state index is -0.766. The van der Waals surface area contributed by atoms with E-state index in [1.807, 2.05) is 24.3 Å². The van der Waals surface area contributed by atoms with Gasteiger partial charge in [0, 0.05) is 5.56 Å². The van der Waals surface area contributed by atoms with Gasteiger partial charge in [-0.2, -0.15) is 0 Å². The SMILES string of the molecule is CCCCC(C)CCC(C(=O)O)c1ccccc1OC. The van der Waals surface area contributed by atoms with Gasteiger partial charge in [0.05, 0.1) is 13.0 Å². The van der Waals surface area contributed by atoms with Crippen LogP contribution in [-0.2, 0) is 4.79 Å². The Morgan fingerprint density at radius 3 is 2.55 bits per heavy atom. The molecule has 2 unspecified atom stereocenters. The molecule has 0 saturated heterocycles. The average Bonchev–Trinajstić information content (AvgIpc) is 2.45. The Labute approximate surface area is 122 Å². The van der Waals surface area contributed by atoms with Gasteiger partial charge in [0.2, 0.25) is 0 Å². The van der Waals surface area contributed by atoms with Gasteiger partial charge in [-0.1, -0.05) is 51.3 Å². The summed E-state index contributed by atoms with van der Waals surface area (Å²) >= 11 is 0. The van der Waals surface area contributed by atoms with E-state index >= 15 is 0 Å². The Morgan fingerprint density at radius 1 is 1.25 bits per heavy atom. The zero-order chi connectivity index (χ0) is 15.0. The van der Waals surface area contributed by atoms with Crippen LogP contribution >= 0.6 is 0 Å². The minimum absolute atomic E-state index is 0.477. The first-order valence-corrected chi connectivity index (χ1v) is 7.45. The predicted octanol–water partition coefficient (Wildman–Crippen LogP) is 4.47. The molecule has 0 amide bonds. The maximum absolute atomic E-state index is 11.5. The number of methoxy groups -OCH3 is 1. The quantitative estimate of drug-likeness (QED) is 0.725. The molecule has 0 fully saturated rings. The van der Waals surface area contributed by atoms with Crippen LogP contribution in [0.25, 0.3) is 0 Å². The molecule has 0 aliphatic heterocycles. The summed E-state index contributed by atoms with van der Waals surface area (Å²) in [5.74, 6) is 0.0000338. The minimum Gasteiger partial charge on any atom is -0.496 e. The maximum atomic E-state index is 11.5. The van der Waals surface area contributed by atoms with Crippen molar-refractivity contribution in [3.8, 4) is 5.75 Å². The number of para-hydroxylation sites is 1. The van der Waals surface area contributed by atoms with Gasteiger partial charge < -0.3 is 9.84 Å². The molecule has 0 aliphatic rings. The molecule has 20 heavy (non-hydrogen) atoms. The number of carboxylic acid groups (broad SMARTS) is 1. The monoisotopic (exact) mass is 278 g/mol. The van der Waals surface area contributed by atoms with Crippen LogP contribution in [0.3, 0.4) is 0 Å². The van der Waals surface area contributed by atoms with Gasteiger partial charge in [0.25, 0.3) is 0 Å². The molecule has 3 heteroatoms. The van der Waals surface area contributed by atoms with Crippen LogP contribution < -0.4 is 4.74 Å². The highest BCUT2D eigenvalue weighted by atomic mass is 16.5. The molecular formula is C17H26O3. The fraction of sp³-hybridized carbons (Fsp3) is 0.588. The van der Waals surface area contributed by atoms with Crippen molar-refractivity contribution in [1.82, 2.24) is 0 Å². The third-order valence-electron chi connectivity index (χ3n) is 3.81. The van der Waals surface area contributed by atoms with Crippen molar-refractivity contribution >= 4 is 5.97 Å². The smallest absolute Gasteiger partial charge is 0.311 e. The standard InChI is InChI=1S/C17H26O3/c1-4-5-8-13(2)11-12-15(17(18)19)14-9-6-7-10-16(14)20-3/h6-7,9-10,13,15H,4-5,8,11-12H2,1-3H3,(H,18,19). The zero-order valence-electron chi connectivity index (χ0n) is 12.8. The highest BCUT2D eigenvalue weighted by Crippen LogP contribution is 2.31. The van der Waals surface area contributed by atoms with Crippen LogP contribution in [0.5, 0.6) is 5.75 Å². The van der Waals surface area contributed by atoms with Gasteiger partial charge in [0.15, 0.2) is 0 Å². The highest BCUT2D eigenvalue weighted by Gasteiger charge is 2.23. The van der Waals surface area contributed by atoms with E-state index in [2.05, 4.69) is 13.8 Å². The molecule has 112 valence electrons. The highest BCUT2D eigenvalue weighted by molar-refractivity contribution is 5.77. The van der Waals surface area contributed by atoms with E-state index in [4.69, 9.17) is 4.74 Å². The number of carbonyl (C=O) groups is 1. The lowest BCUT2D eigenvalue weighted by atomic mass is 9.89. The molecule has 1 aromatic rings. The second-order valence-corrected chi connectivity index (χ2v) is 5.46. The van der Waals surface area contributed by atoms with E-state index in [9.17, 15) is 9.90 Å². The first kappa shape index (κ1) is 16.5. The van der Waals surface area contributed by atoms with Crippen molar-refractivity contribution in [1.29, 1.82) is 0 Å². The largest absolute Gasteiger partial charge is 0.496 e. The second-order valence-electron chi connectivity index (χ2n) is 5.46. The van der Waals surface area contributed by atoms with Crippen LogP contribution in [0.15, 0.2) is 24.3 Å². The molecule has 0 spiro atoms. The van der Waals surface area contributed by atoms with Gasteiger partial charge in [-0.15, -0.1) is 0 Å². The van der Waals surface area contributed by atoms with Gasteiger partial charge in [-0.3, -0.25) is 4.79 Å². The molecule has 1 N–H and O–H groups in total. The van der Waals surface area contributed by atoms with E-state index in [-0.39, 0.29) is 0 Å². The maximum Gasteiger partial charge on any atom is 0.311 e. The van der Waals surface area contributed by atoms with Crippen molar-refractivity contribution in [3.05, 3.63) is 29.8 Å². The molecule has 1 aromatic carbocycles. The molecule has 0 saturated carbocycles. The summed E-state index contributed by atoms with van der Waals surface area (Å²) in [4.78, 5) is 11.5. The van der Waals surface area contributed by atoms with Crippen LogP contribution in [0.2, 0.25) is 0 Å². The Morgan fingerprint density at radius 2 is 1.95 bits per heavy atom. The summed E-state index contributed by atoms with van der Waals surface area (Å²) in [6.07, 6.45) is 5.19. The normalized spacial score (nSPS) is 13.8. The summed E-state index contributed by atoms with van der Waals surface area (Å²) in [6.45, 7) is 4.39.